The fourth-order valence-corrected chi connectivity index (χ4v) is 7.75. The van der Waals surface area contributed by atoms with Crippen LogP contribution < -0.4 is 21.4 Å². The van der Waals surface area contributed by atoms with Crippen LogP contribution in [-0.4, -0.2) is 19.9 Å². The Bertz CT molecular complexity index is 2980. The molecule has 4 nitrogen and oxygen atoms in total. The second-order valence-corrected chi connectivity index (χ2v) is 13.3. The van der Waals surface area contributed by atoms with Gasteiger partial charge in [0, 0.05) is 87.2 Å². The Morgan fingerprint density at radius 3 is 1.51 bits per heavy atom. The maximum absolute atomic E-state index is 4.06. The number of nitrogens with one attached hydrogen (secondary N) is 4. The fourth-order valence-electron chi connectivity index (χ4n) is 7.75. The SMILES string of the molecule is C1=c2cc(-c3ccccc3)c([nH]2)=C(c2ccccc2)c2[nH]c(c(-c3ccccc3)c2-c2ccccc2)C=c2[nH]c(c3ccccc23)=Cc2ccc1[nH]2.[Pt]. The van der Waals surface area contributed by atoms with Gasteiger partial charge in [-0.05, 0) is 58.7 Å². The molecule has 9 aromatic rings. The average Bonchev–Trinajstić information content (AvgIpc) is 3.99. The average molecular weight is 862 g/mol. The van der Waals surface area contributed by atoms with Gasteiger partial charge in [0.05, 0.1) is 11.0 Å². The van der Waals surface area contributed by atoms with Crippen molar-refractivity contribution in [2.45, 2.75) is 0 Å². The second kappa shape index (κ2) is 13.7. The quantitative estimate of drug-likeness (QED) is 0.138. The molecule has 1 aliphatic rings. The van der Waals surface area contributed by atoms with Gasteiger partial charge in [-0.15, -0.1) is 0 Å². The Labute approximate surface area is 320 Å². The summed E-state index contributed by atoms with van der Waals surface area (Å²) in [5.74, 6) is 0. The van der Waals surface area contributed by atoms with E-state index >= 15 is 0 Å². The monoisotopic (exact) mass is 861 g/mol. The Kier molecular flexibility index (Phi) is 8.38. The molecule has 0 atom stereocenters. The van der Waals surface area contributed by atoms with Crippen molar-refractivity contribution in [3.8, 4) is 33.4 Å². The molecule has 10 rings (SSSR count). The van der Waals surface area contributed by atoms with Crippen molar-refractivity contribution in [2.75, 3.05) is 0 Å². The minimum atomic E-state index is 0. The second-order valence-electron chi connectivity index (χ2n) is 13.3. The van der Waals surface area contributed by atoms with Gasteiger partial charge >= 0.3 is 0 Å². The van der Waals surface area contributed by atoms with E-state index < -0.39 is 0 Å². The van der Waals surface area contributed by atoms with Gasteiger partial charge in [-0.3, -0.25) is 0 Å². The van der Waals surface area contributed by atoms with Crippen molar-refractivity contribution >= 4 is 34.6 Å². The van der Waals surface area contributed by atoms with Gasteiger partial charge in [0.15, 0.2) is 0 Å². The van der Waals surface area contributed by atoms with E-state index in [1.165, 1.54) is 10.8 Å². The van der Waals surface area contributed by atoms with Crippen molar-refractivity contribution in [2.24, 2.45) is 0 Å². The maximum atomic E-state index is 4.06. The Morgan fingerprint density at radius 1 is 0.377 bits per heavy atom. The number of benzene rings is 5. The third kappa shape index (κ3) is 5.88. The molecule has 0 fully saturated rings. The molecule has 0 saturated carbocycles. The third-order valence-electron chi connectivity index (χ3n) is 10.0. The number of fused-ring (bicyclic) bond motifs is 11. The molecule has 4 N–H and O–H groups in total. The number of aromatic nitrogens is 4. The van der Waals surface area contributed by atoms with E-state index in [9.17, 15) is 0 Å². The fraction of sp³-hybridized carbons (Fsp3) is 0. The van der Waals surface area contributed by atoms with E-state index in [-0.39, 0.29) is 21.1 Å². The van der Waals surface area contributed by atoms with Crippen LogP contribution in [0, 0.1) is 0 Å². The number of H-pyrrole nitrogens is 4. The molecular weight excluding hydrogens is 828 g/mol. The predicted octanol–water partition coefficient (Wildman–Crippen LogP) is 8.20. The number of aromatic amines is 4. The Balaban J connectivity index is 0.00000372. The Morgan fingerprint density at radius 2 is 0.887 bits per heavy atom. The largest absolute Gasteiger partial charge is 0.355 e. The molecule has 256 valence electrons. The molecule has 53 heavy (non-hydrogen) atoms. The molecule has 1 aliphatic heterocycles. The zero-order chi connectivity index (χ0) is 34.4. The van der Waals surface area contributed by atoms with Crippen LogP contribution in [0.15, 0.2) is 164 Å². The molecule has 5 heteroatoms. The van der Waals surface area contributed by atoms with Crippen LogP contribution >= 0.6 is 0 Å². The first-order chi connectivity index (χ1) is 25.8. The summed E-state index contributed by atoms with van der Waals surface area (Å²) in [6.07, 6.45) is 6.69. The molecular formula is C48H34N4Pt. The van der Waals surface area contributed by atoms with Crippen LogP contribution in [-0.2, 0) is 21.1 Å². The summed E-state index contributed by atoms with van der Waals surface area (Å²) < 4.78 is 0. The smallest absolute Gasteiger partial charge is 0.0572 e. The number of hydrogen-bond acceptors (Lipinski definition) is 0. The molecule has 4 aromatic heterocycles. The summed E-state index contributed by atoms with van der Waals surface area (Å²) in [6, 6.07) is 58.2. The summed E-state index contributed by atoms with van der Waals surface area (Å²) in [5, 5.41) is 6.51. The van der Waals surface area contributed by atoms with E-state index in [0.29, 0.717) is 0 Å². The summed E-state index contributed by atoms with van der Waals surface area (Å²) in [5.41, 5.74) is 13.2. The summed E-state index contributed by atoms with van der Waals surface area (Å²) in [6.45, 7) is 0. The van der Waals surface area contributed by atoms with E-state index in [4.69, 9.17) is 0 Å². The summed E-state index contributed by atoms with van der Waals surface area (Å²) in [7, 11) is 0. The molecule has 0 aliphatic carbocycles. The van der Waals surface area contributed by atoms with Crippen LogP contribution in [0.1, 0.15) is 28.3 Å². The molecule has 0 spiro atoms. The third-order valence-corrected chi connectivity index (χ3v) is 10.0. The molecule has 5 heterocycles. The minimum Gasteiger partial charge on any atom is -0.355 e. The van der Waals surface area contributed by atoms with Crippen molar-refractivity contribution < 1.29 is 21.1 Å². The zero-order valence-electron chi connectivity index (χ0n) is 28.6. The number of hydrogen-bond donors (Lipinski definition) is 4. The van der Waals surface area contributed by atoms with E-state index in [0.717, 1.165) is 88.7 Å². The van der Waals surface area contributed by atoms with Gasteiger partial charge in [-0.2, -0.15) is 0 Å². The molecule has 5 aromatic carbocycles. The first-order valence-corrected chi connectivity index (χ1v) is 17.7. The van der Waals surface area contributed by atoms with Crippen LogP contribution in [0.2, 0.25) is 0 Å². The van der Waals surface area contributed by atoms with E-state index in [1.807, 2.05) is 0 Å². The number of rotatable bonds is 4. The van der Waals surface area contributed by atoms with Gasteiger partial charge in [-0.25, -0.2) is 0 Å². The van der Waals surface area contributed by atoms with Crippen LogP contribution in [0.5, 0.6) is 0 Å². The Hall–Kier alpha value is -6.35. The summed E-state index contributed by atoms with van der Waals surface area (Å²) in [4.78, 5) is 15.4. The van der Waals surface area contributed by atoms with Crippen LogP contribution in [0.4, 0.5) is 0 Å². The van der Waals surface area contributed by atoms with Gasteiger partial charge in [0.25, 0.3) is 0 Å². The molecule has 0 amide bonds. The topological polar surface area (TPSA) is 63.2 Å². The molecule has 8 bridgehead atoms. The van der Waals surface area contributed by atoms with Gasteiger partial charge in [0.1, 0.15) is 0 Å². The minimum absolute atomic E-state index is 0. The maximum Gasteiger partial charge on any atom is 0.0572 e. The zero-order valence-corrected chi connectivity index (χ0v) is 30.9. The predicted molar refractivity (Wildman–Crippen MR) is 214 cm³/mol. The first kappa shape index (κ1) is 32.5. The molecule has 0 saturated heterocycles. The van der Waals surface area contributed by atoms with Crippen molar-refractivity contribution in [3.63, 3.8) is 0 Å². The van der Waals surface area contributed by atoms with Crippen LogP contribution in [0.25, 0.3) is 68.0 Å². The van der Waals surface area contributed by atoms with Crippen molar-refractivity contribution in [3.05, 3.63) is 214 Å². The molecule has 0 radical (unpaired) electrons. The van der Waals surface area contributed by atoms with Gasteiger partial charge in [0.2, 0.25) is 0 Å². The van der Waals surface area contributed by atoms with Gasteiger partial charge < -0.3 is 19.9 Å². The van der Waals surface area contributed by atoms with Gasteiger partial charge in [-0.1, -0.05) is 146 Å². The first-order valence-electron chi connectivity index (χ1n) is 17.7. The van der Waals surface area contributed by atoms with Crippen molar-refractivity contribution in [1.29, 1.82) is 0 Å². The van der Waals surface area contributed by atoms with Crippen LogP contribution in [0.3, 0.4) is 0 Å². The molecule has 0 unspecified atom stereocenters. The van der Waals surface area contributed by atoms with Crippen molar-refractivity contribution in [1.82, 2.24) is 19.9 Å². The standard InChI is InChI=1S/C48H34N4.Pt/c1-5-15-31(16-6-1)40-28-37-27-35-25-26-36(49-35)29-41-38-23-13-14-24-39(38)42(51-41)30-43-44(32-17-7-2-8-18-32)45(33-19-9-3-10-20-33)48(52-43)46(47(40)50-37)34-21-11-4-12-22-34;/h1-30,49-52H;. The van der Waals surface area contributed by atoms with E-state index in [1.54, 1.807) is 0 Å². The normalized spacial score (nSPS) is 12.0. The van der Waals surface area contributed by atoms with E-state index in [2.05, 4.69) is 202 Å². The summed E-state index contributed by atoms with van der Waals surface area (Å²) >= 11 is 0.